The molecule has 0 fully saturated rings. The molecule has 1 aliphatic rings. The zero-order chi connectivity index (χ0) is 19.3. The van der Waals surface area contributed by atoms with Crippen LogP contribution in [0.1, 0.15) is 24.0 Å². The number of hydrogen-bond donors (Lipinski definition) is 1. The van der Waals surface area contributed by atoms with Crippen molar-refractivity contribution in [3.63, 3.8) is 0 Å². The van der Waals surface area contributed by atoms with Crippen LogP contribution in [0, 0.1) is 0 Å². The molecule has 6 nitrogen and oxygen atoms in total. The van der Waals surface area contributed by atoms with E-state index in [0.717, 1.165) is 29.7 Å². The van der Waals surface area contributed by atoms with Crippen LogP contribution in [0.5, 0.6) is 5.75 Å². The molecule has 2 aromatic rings. The summed E-state index contributed by atoms with van der Waals surface area (Å²) in [7, 11) is -1.97. The largest absolute Gasteiger partial charge is 0.496 e. The van der Waals surface area contributed by atoms with Gasteiger partial charge < -0.3 is 10.1 Å². The van der Waals surface area contributed by atoms with Crippen LogP contribution in [0.4, 0.5) is 5.69 Å². The van der Waals surface area contributed by atoms with Crippen LogP contribution in [0.2, 0.25) is 0 Å². The summed E-state index contributed by atoms with van der Waals surface area (Å²) in [5.41, 5.74) is 2.62. The molecule has 0 aromatic heterocycles. The van der Waals surface area contributed by atoms with Gasteiger partial charge in [0.15, 0.2) is 0 Å². The van der Waals surface area contributed by atoms with Gasteiger partial charge in [-0.3, -0.25) is 9.10 Å². The van der Waals surface area contributed by atoms with Crippen molar-refractivity contribution in [1.29, 1.82) is 0 Å². The first-order chi connectivity index (χ1) is 13.0. The number of hydrogen-bond acceptors (Lipinski definition) is 4. The van der Waals surface area contributed by atoms with Crippen molar-refractivity contribution in [1.82, 2.24) is 5.32 Å². The number of fused-ring (bicyclic) bond motifs is 1. The van der Waals surface area contributed by atoms with Crippen LogP contribution in [-0.2, 0) is 27.8 Å². The molecule has 1 N–H and O–H groups in total. The minimum absolute atomic E-state index is 0.0733. The predicted octanol–water partition coefficient (Wildman–Crippen LogP) is 2.48. The van der Waals surface area contributed by atoms with Crippen LogP contribution in [0.3, 0.4) is 0 Å². The molecule has 0 unspecified atom stereocenters. The molecule has 3 rings (SSSR count). The first-order valence-electron chi connectivity index (χ1n) is 8.98. The zero-order valence-corrected chi connectivity index (χ0v) is 16.2. The maximum atomic E-state index is 12.8. The van der Waals surface area contributed by atoms with E-state index in [0.29, 0.717) is 18.8 Å². The molecule has 1 amide bonds. The van der Waals surface area contributed by atoms with E-state index in [1.54, 1.807) is 7.11 Å². The second kappa shape index (κ2) is 8.43. The summed E-state index contributed by atoms with van der Waals surface area (Å²) in [6.45, 7) is 0.762. The molecule has 0 aliphatic carbocycles. The van der Waals surface area contributed by atoms with Gasteiger partial charge >= 0.3 is 0 Å². The van der Waals surface area contributed by atoms with Crippen molar-refractivity contribution in [2.24, 2.45) is 0 Å². The molecule has 2 aromatic carbocycles. The Morgan fingerprint density at radius 2 is 1.89 bits per heavy atom. The molecule has 0 radical (unpaired) electrons. The van der Waals surface area contributed by atoms with E-state index in [4.69, 9.17) is 4.74 Å². The fourth-order valence-electron chi connectivity index (χ4n) is 3.25. The second-order valence-corrected chi connectivity index (χ2v) is 8.47. The van der Waals surface area contributed by atoms with Gasteiger partial charge in [0.25, 0.3) is 0 Å². The van der Waals surface area contributed by atoms with Crippen molar-refractivity contribution < 1.29 is 17.9 Å². The molecule has 0 spiro atoms. The number of nitrogens with one attached hydrogen (secondary N) is 1. The molecule has 0 atom stereocenters. The van der Waals surface area contributed by atoms with Crippen molar-refractivity contribution >= 4 is 21.6 Å². The molecule has 1 aliphatic heterocycles. The van der Waals surface area contributed by atoms with Gasteiger partial charge in [0.05, 0.1) is 18.6 Å². The van der Waals surface area contributed by atoms with E-state index in [1.807, 2.05) is 48.5 Å². The summed E-state index contributed by atoms with van der Waals surface area (Å²) in [6, 6.07) is 14.9. The van der Waals surface area contributed by atoms with Crippen molar-refractivity contribution in [3.8, 4) is 5.75 Å². The highest BCUT2D eigenvalue weighted by atomic mass is 32.2. The number of carbonyl (C=O) groups excluding carboxylic acids is 1. The summed E-state index contributed by atoms with van der Waals surface area (Å²) < 4.78 is 32.2. The van der Waals surface area contributed by atoms with Gasteiger partial charge in [-0.05, 0) is 30.5 Å². The van der Waals surface area contributed by atoms with Crippen LogP contribution < -0.4 is 14.4 Å². The summed E-state index contributed by atoms with van der Waals surface area (Å²) in [5.74, 6) is 0.184. The highest BCUT2D eigenvalue weighted by molar-refractivity contribution is 7.92. The molecule has 0 saturated heterocycles. The molecule has 0 bridgehead atoms. The normalized spacial score (nSPS) is 13.7. The van der Waals surface area contributed by atoms with Gasteiger partial charge in [0.1, 0.15) is 5.75 Å². The Bertz CT molecular complexity index is 912. The Morgan fingerprint density at radius 1 is 1.15 bits per heavy atom. The van der Waals surface area contributed by atoms with E-state index >= 15 is 0 Å². The first-order valence-corrected chi connectivity index (χ1v) is 10.6. The number of anilines is 1. The van der Waals surface area contributed by atoms with Crippen LogP contribution in [0.15, 0.2) is 48.5 Å². The van der Waals surface area contributed by atoms with E-state index in [9.17, 15) is 13.2 Å². The summed E-state index contributed by atoms with van der Waals surface area (Å²) in [5, 5.41) is 2.77. The molecular formula is C20H24N2O4S. The number of rotatable bonds is 7. The van der Waals surface area contributed by atoms with Gasteiger partial charge in [0, 0.05) is 25.1 Å². The summed E-state index contributed by atoms with van der Waals surface area (Å²) in [6.07, 6.45) is 1.59. The number of aryl methyl sites for hydroxylation is 1. The summed E-state index contributed by atoms with van der Waals surface area (Å²) in [4.78, 5) is 12.2. The number of carbonyl (C=O) groups is 1. The smallest absolute Gasteiger partial charge is 0.235 e. The first kappa shape index (κ1) is 19.2. The molecular weight excluding hydrogens is 364 g/mol. The van der Waals surface area contributed by atoms with Crippen molar-refractivity contribution in [2.75, 3.05) is 23.7 Å². The third kappa shape index (κ3) is 4.60. The molecule has 144 valence electrons. The number of para-hydroxylation sites is 2. The number of methoxy groups -OCH3 is 1. The number of ether oxygens (including phenoxy) is 1. The van der Waals surface area contributed by atoms with Gasteiger partial charge in [-0.15, -0.1) is 0 Å². The van der Waals surface area contributed by atoms with Gasteiger partial charge in [0.2, 0.25) is 15.9 Å². The SMILES string of the molecule is COc1ccccc1CNC(=O)CCS(=O)(=O)N1CCCc2ccccc21. The van der Waals surface area contributed by atoms with E-state index in [2.05, 4.69) is 5.32 Å². The lowest BCUT2D eigenvalue weighted by molar-refractivity contribution is -0.120. The summed E-state index contributed by atoms with van der Waals surface area (Å²) >= 11 is 0. The van der Waals surface area contributed by atoms with Crippen molar-refractivity contribution in [3.05, 3.63) is 59.7 Å². The molecule has 1 heterocycles. The molecule has 7 heteroatoms. The lowest BCUT2D eigenvalue weighted by Gasteiger charge is -2.30. The van der Waals surface area contributed by atoms with Gasteiger partial charge in [-0.2, -0.15) is 0 Å². The average molecular weight is 388 g/mol. The number of sulfonamides is 1. The Labute approximate surface area is 160 Å². The Kier molecular flexibility index (Phi) is 6.01. The van der Waals surface area contributed by atoms with Crippen LogP contribution in [0.25, 0.3) is 0 Å². The zero-order valence-electron chi connectivity index (χ0n) is 15.3. The third-order valence-electron chi connectivity index (χ3n) is 4.66. The fourth-order valence-corrected chi connectivity index (χ4v) is 4.80. The third-order valence-corrected chi connectivity index (χ3v) is 6.43. The topological polar surface area (TPSA) is 75.7 Å². The van der Waals surface area contributed by atoms with Crippen molar-refractivity contribution in [2.45, 2.75) is 25.8 Å². The lowest BCUT2D eigenvalue weighted by Crippen LogP contribution is -2.38. The number of benzene rings is 2. The monoisotopic (exact) mass is 388 g/mol. The maximum Gasteiger partial charge on any atom is 0.235 e. The maximum absolute atomic E-state index is 12.8. The minimum Gasteiger partial charge on any atom is -0.496 e. The highest BCUT2D eigenvalue weighted by Gasteiger charge is 2.27. The fraction of sp³-hybridized carbons (Fsp3) is 0.350. The van der Waals surface area contributed by atoms with E-state index < -0.39 is 10.0 Å². The van der Waals surface area contributed by atoms with Crippen LogP contribution >= 0.6 is 0 Å². The number of nitrogens with zero attached hydrogens (tertiary/aromatic N) is 1. The standard InChI is InChI=1S/C20H24N2O4S/c1-26-19-11-5-3-8-17(19)15-21-20(23)12-14-27(24,25)22-13-6-9-16-7-2-4-10-18(16)22/h2-5,7-8,10-11H,6,9,12-15H2,1H3,(H,21,23). The predicted molar refractivity (Wildman–Crippen MR) is 105 cm³/mol. The number of amides is 1. The highest BCUT2D eigenvalue weighted by Crippen LogP contribution is 2.29. The lowest BCUT2D eigenvalue weighted by atomic mass is 10.0. The molecule has 27 heavy (non-hydrogen) atoms. The average Bonchev–Trinajstić information content (AvgIpc) is 2.70. The van der Waals surface area contributed by atoms with E-state index in [1.165, 1.54) is 4.31 Å². The van der Waals surface area contributed by atoms with Gasteiger partial charge in [-0.1, -0.05) is 36.4 Å². The quantitative estimate of drug-likeness (QED) is 0.791. The van der Waals surface area contributed by atoms with Gasteiger partial charge in [-0.25, -0.2) is 8.42 Å². The Hall–Kier alpha value is -2.54. The second-order valence-electron chi connectivity index (χ2n) is 6.46. The molecule has 0 saturated carbocycles. The van der Waals surface area contributed by atoms with E-state index in [-0.39, 0.29) is 18.1 Å². The Balaban J connectivity index is 1.58. The minimum atomic E-state index is -3.54. The Morgan fingerprint density at radius 3 is 2.70 bits per heavy atom. The van der Waals surface area contributed by atoms with Crippen LogP contribution in [-0.4, -0.2) is 33.7 Å².